The molecule has 0 unspecified atom stereocenters. The predicted octanol–water partition coefficient (Wildman–Crippen LogP) is 0.0127. The molecule has 0 radical (unpaired) electrons. The molecule has 1 N–H and O–H groups in total. The second kappa shape index (κ2) is 6.98. The number of anilines is 1. The number of hydrogen-bond donors (Lipinski definition) is 1. The second-order valence-corrected chi connectivity index (χ2v) is 7.90. The van der Waals surface area contributed by atoms with E-state index in [1.807, 2.05) is 4.90 Å². The molecule has 1 aromatic rings. The lowest BCUT2D eigenvalue weighted by molar-refractivity contribution is 0.327. The number of nitrogens with zero attached hydrogens (tertiary/aromatic N) is 4. The molecule has 1 aromatic heterocycles. The molecule has 3 rings (SSSR count). The molecule has 8 nitrogen and oxygen atoms in total. The molecule has 0 spiro atoms. The minimum absolute atomic E-state index is 0.199. The summed E-state index contributed by atoms with van der Waals surface area (Å²) in [6.45, 7) is 3.18. The normalized spacial score (nSPS) is 22.0. The third-order valence-electron chi connectivity index (χ3n) is 4.44. The number of piperazine rings is 1. The van der Waals surface area contributed by atoms with Crippen molar-refractivity contribution in [3.05, 3.63) is 22.7 Å². The molecule has 0 bridgehead atoms. The first-order chi connectivity index (χ1) is 11.1. The van der Waals surface area contributed by atoms with Crippen molar-refractivity contribution >= 4 is 16.0 Å². The van der Waals surface area contributed by atoms with E-state index < -0.39 is 10.2 Å². The number of H-pyrrole nitrogens is 1. The minimum Gasteiger partial charge on any atom is -0.354 e. The summed E-state index contributed by atoms with van der Waals surface area (Å²) in [4.78, 5) is 19.9. The molecule has 0 atom stereocenters. The van der Waals surface area contributed by atoms with Crippen molar-refractivity contribution in [2.75, 3.05) is 44.2 Å². The highest BCUT2D eigenvalue weighted by atomic mass is 32.2. The van der Waals surface area contributed by atoms with E-state index in [0.29, 0.717) is 45.1 Å². The van der Waals surface area contributed by atoms with Crippen LogP contribution in [0.5, 0.6) is 0 Å². The number of aromatic amines is 1. The largest absolute Gasteiger partial charge is 0.354 e. The molecule has 128 valence electrons. The smallest absolute Gasteiger partial charge is 0.282 e. The van der Waals surface area contributed by atoms with Crippen molar-refractivity contribution in [3.8, 4) is 0 Å². The minimum atomic E-state index is -3.37. The van der Waals surface area contributed by atoms with E-state index in [1.54, 1.807) is 8.61 Å². The van der Waals surface area contributed by atoms with Crippen LogP contribution in [-0.2, 0) is 10.2 Å². The molecular formula is C14H23N5O3S. The summed E-state index contributed by atoms with van der Waals surface area (Å²) in [7, 11) is -3.37. The summed E-state index contributed by atoms with van der Waals surface area (Å²) >= 11 is 0. The third kappa shape index (κ3) is 3.73. The molecule has 2 aliphatic rings. The van der Waals surface area contributed by atoms with E-state index in [0.717, 1.165) is 25.7 Å². The summed E-state index contributed by atoms with van der Waals surface area (Å²) in [6.07, 6.45) is 5.46. The van der Waals surface area contributed by atoms with Gasteiger partial charge in [0.05, 0.1) is 6.33 Å². The molecule has 2 aliphatic heterocycles. The average Bonchev–Trinajstić information content (AvgIpc) is 2.85. The van der Waals surface area contributed by atoms with Crippen molar-refractivity contribution in [1.29, 1.82) is 0 Å². The van der Waals surface area contributed by atoms with Crippen molar-refractivity contribution in [2.24, 2.45) is 0 Å². The summed E-state index contributed by atoms with van der Waals surface area (Å²) < 4.78 is 28.7. The Balaban J connectivity index is 1.64. The maximum atomic E-state index is 12.8. The Kier molecular flexibility index (Phi) is 4.98. The van der Waals surface area contributed by atoms with E-state index in [9.17, 15) is 13.2 Å². The van der Waals surface area contributed by atoms with Gasteiger partial charge in [-0.1, -0.05) is 12.8 Å². The molecule has 3 heterocycles. The van der Waals surface area contributed by atoms with Crippen LogP contribution >= 0.6 is 0 Å². The Bertz CT molecular complexity index is 674. The van der Waals surface area contributed by atoms with E-state index in [4.69, 9.17) is 0 Å². The average molecular weight is 341 g/mol. The first-order valence-electron chi connectivity index (χ1n) is 8.12. The molecule has 0 aromatic carbocycles. The van der Waals surface area contributed by atoms with Gasteiger partial charge in [0.25, 0.3) is 15.8 Å². The predicted molar refractivity (Wildman–Crippen MR) is 87.6 cm³/mol. The van der Waals surface area contributed by atoms with E-state index in [2.05, 4.69) is 9.97 Å². The van der Waals surface area contributed by atoms with Crippen molar-refractivity contribution in [3.63, 3.8) is 0 Å². The fraction of sp³-hybridized carbons (Fsp3) is 0.714. The van der Waals surface area contributed by atoms with Gasteiger partial charge in [0.1, 0.15) is 5.82 Å². The molecule has 0 amide bonds. The Hall–Kier alpha value is -1.45. The fourth-order valence-electron chi connectivity index (χ4n) is 3.11. The lowest BCUT2D eigenvalue weighted by atomic mass is 10.2. The molecule has 2 saturated heterocycles. The highest BCUT2D eigenvalue weighted by molar-refractivity contribution is 7.86. The van der Waals surface area contributed by atoms with Crippen LogP contribution in [0.1, 0.15) is 25.7 Å². The second-order valence-electron chi connectivity index (χ2n) is 5.98. The number of hydrogen-bond acceptors (Lipinski definition) is 5. The van der Waals surface area contributed by atoms with Crippen LogP contribution in [0, 0.1) is 0 Å². The van der Waals surface area contributed by atoms with Crippen molar-refractivity contribution in [2.45, 2.75) is 25.7 Å². The van der Waals surface area contributed by atoms with Gasteiger partial charge in [-0.3, -0.25) is 4.79 Å². The van der Waals surface area contributed by atoms with Gasteiger partial charge < -0.3 is 9.88 Å². The summed E-state index contributed by atoms with van der Waals surface area (Å²) in [5.41, 5.74) is -0.199. The molecule has 9 heteroatoms. The SMILES string of the molecule is O=c1cc(N2CCN(S(=O)(=O)N3CCCCCC3)CC2)nc[nH]1. The summed E-state index contributed by atoms with van der Waals surface area (Å²) in [5.74, 6) is 0.598. The van der Waals surface area contributed by atoms with Crippen LogP contribution in [0.15, 0.2) is 17.2 Å². The maximum absolute atomic E-state index is 12.8. The van der Waals surface area contributed by atoms with Gasteiger partial charge in [0.2, 0.25) is 0 Å². The first kappa shape index (κ1) is 16.4. The van der Waals surface area contributed by atoms with Crippen LogP contribution in [0.3, 0.4) is 0 Å². The fourth-order valence-corrected chi connectivity index (χ4v) is 4.79. The summed E-state index contributed by atoms with van der Waals surface area (Å²) in [6, 6.07) is 1.44. The van der Waals surface area contributed by atoms with Crippen molar-refractivity contribution in [1.82, 2.24) is 18.6 Å². The molecule has 23 heavy (non-hydrogen) atoms. The quantitative estimate of drug-likeness (QED) is 0.837. The Morgan fingerprint density at radius 2 is 1.52 bits per heavy atom. The van der Waals surface area contributed by atoms with E-state index >= 15 is 0 Å². The highest BCUT2D eigenvalue weighted by Gasteiger charge is 2.32. The van der Waals surface area contributed by atoms with Gasteiger partial charge in [-0.25, -0.2) is 4.98 Å². The van der Waals surface area contributed by atoms with Gasteiger partial charge in [-0.05, 0) is 12.8 Å². The number of aromatic nitrogens is 2. The third-order valence-corrected chi connectivity index (χ3v) is 6.48. The van der Waals surface area contributed by atoms with Crippen molar-refractivity contribution < 1.29 is 8.42 Å². The van der Waals surface area contributed by atoms with Gasteiger partial charge in [-0.15, -0.1) is 0 Å². The van der Waals surface area contributed by atoms with Gasteiger partial charge in [0, 0.05) is 45.3 Å². The molecular weight excluding hydrogens is 318 g/mol. The Morgan fingerprint density at radius 3 is 2.13 bits per heavy atom. The molecule has 0 aliphatic carbocycles. The van der Waals surface area contributed by atoms with Crippen LogP contribution in [0.2, 0.25) is 0 Å². The van der Waals surface area contributed by atoms with Crippen LogP contribution in [-0.4, -0.2) is 66.3 Å². The molecule has 0 saturated carbocycles. The van der Waals surface area contributed by atoms with Crippen LogP contribution in [0.25, 0.3) is 0 Å². The zero-order valence-electron chi connectivity index (χ0n) is 13.1. The number of rotatable bonds is 3. The lowest BCUT2D eigenvalue weighted by Crippen LogP contribution is -2.53. The van der Waals surface area contributed by atoms with E-state index in [1.165, 1.54) is 12.4 Å². The highest BCUT2D eigenvalue weighted by Crippen LogP contribution is 2.19. The molecule has 2 fully saturated rings. The topological polar surface area (TPSA) is 89.6 Å². The number of nitrogens with one attached hydrogen (secondary N) is 1. The maximum Gasteiger partial charge on any atom is 0.282 e. The van der Waals surface area contributed by atoms with E-state index in [-0.39, 0.29) is 5.56 Å². The Morgan fingerprint density at radius 1 is 0.913 bits per heavy atom. The zero-order valence-corrected chi connectivity index (χ0v) is 14.0. The lowest BCUT2D eigenvalue weighted by Gasteiger charge is -2.36. The first-order valence-corrected chi connectivity index (χ1v) is 9.52. The van der Waals surface area contributed by atoms with Crippen LogP contribution < -0.4 is 10.5 Å². The standard InChI is InChI=1S/C14H23N5O3S/c20-14-11-13(15-12-16-14)17-7-9-19(10-8-17)23(21,22)18-5-3-1-2-4-6-18/h11-12H,1-10H2,(H,15,16,20). The van der Waals surface area contributed by atoms with Gasteiger partial charge in [0.15, 0.2) is 0 Å². The monoisotopic (exact) mass is 341 g/mol. The van der Waals surface area contributed by atoms with Crippen LogP contribution in [0.4, 0.5) is 5.82 Å². The Labute approximate surface area is 136 Å². The zero-order chi connectivity index (χ0) is 16.3. The van der Waals surface area contributed by atoms with Gasteiger partial charge in [-0.2, -0.15) is 17.0 Å². The summed E-state index contributed by atoms with van der Waals surface area (Å²) in [5, 5.41) is 0. The van der Waals surface area contributed by atoms with Gasteiger partial charge >= 0.3 is 0 Å².